The van der Waals surface area contributed by atoms with Gasteiger partial charge >= 0.3 is 0 Å². The molecule has 2 heterocycles. The summed E-state index contributed by atoms with van der Waals surface area (Å²) in [4.78, 5) is 44.6. The summed E-state index contributed by atoms with van der Waals surface area (Å²) in [6, 6.07) is -1.69. The molecule has 0 spiro atoms. The van der Waals surface area contributed by atoms with E-state index in [-0.39, 0.29) is 23.9 Å². The molecule has 4 N–H and O–H groups in total. The van der Waals surface area contributed by atoms with Gasteiger partial charge in [0, 0.05) is 41.3 Å². The van der Waals surface area contributed by atoms with Gasteiger partial charge in [0.25, 0.3) is 0 Å². The van der Waals surface area contributed by atoms with Crippen molar-refractivity contribution in [2.75, 3.05) is 41.3 Å². The fourth-order valence-electron chi connectivity index (χ4n) is 4.25. The molecule has 2 fully saturated rings. The lowest BCUT2D eigenvalue weighted by molar-refractivity contribution is -0.146. The van der Waals surface area contributed by atoms with Crippen LogP contribution in [0.5, 0.6) is 0 Å². The number of likely N-dealkylation sites (N-methyl/N-ethyl adjacent to an activating group) is 2. The summed E-state index contributed by atoms with van der Waals surface area (Å²) in [5.41, 5.74) is 11.8. The molecule has 2 aliphatic rings. The van der Waals surface area contributed by atoms with Crippen LogP contribution < -0.4 is 11.5 Å². The minimum Gasteiger partial charge on any atom is -0.368 e. The van der Waals surface area contributed by atoms with Gasteiger partial charge in [-0.05, 0) is 25.7 Å². The largest absolute Gasteiger partial charge is 0.368 e. The highest BCUT2D eigenvalue weighted by atomic mass is 16.2. The van der Waals surface area contributed by atoms with E-state index in [1.165, 1.54) is 0 Å². The third-order valence-electron chi connectivity index (χ3n) is 5.62. The first-order chi connectivity index (χ1) is 12.7. The van der Waals surface area contributed by atoms with Crippen LogP contribution in [0.4, 0.5) is 0 Å². The van der Waals surface area contributed by atoms with Crippen molar-refractivity contribution in [2.45, 2.75) is 56.4 Å². The number of hydrogen-bond donors (Lipinski definition) is 2. The van der Waals surface area contributed by atoms with Gasteiger partial charge in [-0.2, -0.15) is 0 Å². The SMILES string of the molecule is CN(C)C(=O)C1CCCCN1C(C(N)C(N)=O)N1CCCC1C(=O)N(C)C. The van der Waals surface area contributed by atoms with Crippen LogP contribution in [0.15, 0.2) is 0 Å². The van der Waals surface area contributed by atoms with E-state index in [1.54, 1.807) is 38.0 Å². The van der Waals surface area contributed by atoms with Crippen LogP contribution in [0.2, 0.25) is 0 Å². The Morgan fingerprint density at radius 1 is 0.852 bits per heavy atom. The van der Waals surface area contributed by atoms with Crippen molar-refractivity contribution < 1.29 is 14.4 Å². The molecule has 0 aliphatic carbocycles. The zero-order valence-corrected chi connectivity index (χ0v) is 16.9. The van der Waals surface area contributed by atoms with Crippen LogP contribution in [0.25, 0.3) is 0 Å². The molecule has 0 aromatic carbocycles. The average molecular weight is 383 g/mol. The van der Waals surface area contributed by atoms with E-state index in [2.05, 4.69) is 0 Å². The minimum absolute atomic E-state index is 0.00828. The summed E-state index contributed by atoms with van der Waals surface area (Å²) < 4.78 is 0. The van der Waals surface area contributed by atoms with E-state index in [4.69, 9.17) is 11.5 Å². The van der Waals surface area contributed by atoms with Crippen LogP contribution >= 0.6 is 0 Å². The Labute approximate surface area is 161 Å². The molecule has 0 saturated carbocycles. The topological polar surface area (TPSA) is 116 Å². The predicted molar refractivity (Wildman–Crippen MR) is 102 cm³/mol. The molecule has 0 bridgehead atoms. The predicted octanol–water partition coefficient (Wildman–Crippen LogP) is -1.38. The van der Waals surface area contributed by atoms with Crippen LogP contribution in [0.3, 0.4) is 0 Å². The molecule has 2 saturated heterocycles. The van der Waals surface area contributed by atoms with Crippen molar-refractivity contribution >= 4 is 17.7 Å². The molecule has 9 nitrogen and oxygen atoms in total. The van der Waals surface area contributed by atoms with Gasteiger partial charge in [0.15, 0.2) is 0 Å². The lowest BCUT2D eigenvalue weighted by Crippen LogP contribution is -2.68. The van der Waals surface area contributed by atoms with Crippen LogP contribution in [-0.4, -0.2) is 103 Å². The fraction of sp³-hybridized carbons (Fsp3) is 0.833. The number of carbonyl (C=O) groups excluding carboxylic acids is 3. The first kappa shape index (κ1) is 21.6. The first-order valence-electron chi connectivity index (χ1n) is 9.65. The van der Waals surface area contributed by atoms with Gasteiger partial charge in [-0.3, -0.25) is 24.2 Å². The Bertz CT molecular complexity index is 567. The Balaban J connectivity index is 2.39. The molecule has 27 heavy (non-hydrogen) atoms. The Hall–Kier alpha value is -1.71. The highest BCUT2D eigenvalue weighted by Crippen LogP contribution is 2.29. The number of likely N-dealkylation sites (tertiary alicyclic amines) is 2. The molecule has 2 aliphatic heterocycles. The second-order valence-corrected chi connectivity index (χ2v) is 7.95. The van der Waals surface area contributed by atoms with E-state index >= 15 is 0 Å². The number of carbonyl (C=O) groups is 3. The monoisotopic (exact) mass is 382 g/mol. The maximum Gasteiger partial charge on any atom is 0.239 e. The quantitative estimate of drug-likeness (QED) is 0.585. The summed E-state index contributed by atoms with van der Waals surface area (Å²) in [5.74, 6) is -0.641. The van der Waals surface area contributed by atoms with Crippen molar-refractivity contribution in [3.05, 3.63) is 0 Å². The molecular weight excluding hydrogens is 348 g/mol. The molecule has 4 unspecified atom stereocenters. The highest BCUT2D eigenvalue weighted by molar-refractivity contribution is 5.84. The van der Waals surface area contributed by atoms with Gasteiger partial charge < -0.3 is 21.3 Å². The lowest BCUT2D eigenvalue weighted by Gasteiger charge is -2.47. The Kier molecular flexibility index (Phi) is 7.19. The number of hydrogen-bond acceptors (Lipinski definition) is 6. The maximum absolute atomic E-state index is 12.8. The Morgan fingerprint density at radius 3 is 1.74 bits per heavy atom. The molecule has 2 rings (SSSR count). The fourth-order valence-corrected chi connectivity index (χ4v) is 4.25. The normalized spacial score (nSPS) is 26.4. The van der Waals surface area contributed by atoms with Crippen molar-refractivity contribution in [1.82, 2.24) is 19.6 Å². The Morgan fingerprint density at radius 2 is 1.30 bits per heavy atom. The third-order valence-corrected chi connectivity index (χ3v) is 5.62. The van der Waals surface area contributed by atoms with Gasteiger partial charge in [-0.15, -0.1) is 0 Å². The van der Waals surface area contributed by atoms with Crippen molar-refractivity contribution in [3.63, 3.8) is 0 Å². The van der Waals surface area contributed by atoms with Crippen molar-refractivity contribution in [1.29, 1.82) is 0 Å². The molecule has 0 aromatic rings. The molecular formula is C18H34N6O3. The number of nitrogens with zero attached hydrogens (tertiary/aromatic N) is 4. The van der Waals surface area contributed by atoms with Crippen LogP contribution in [0, 0.1) is 0 Å². The summed E-state index contributed by atoms with van der Waals surface area (Å²) in [6.45, 7) is 1.30. The first-order valence-corrected chi connectivity index (χ1v) is 9.65. The summed E-state index contributed by atoms with van der Waals surface area (Å²) in [6.07, 6.45) is 3.55. The van der Waals surface area contributed by atoms with Crippen LogP contribution in [0.1, 0.15) is 32.1 Å². The molecule has 0 radical (unpaired) electrons. The number of nitrogens with two attached hydrogens (primary N) is 2. The molecule has 0 aromatic heterocycles. The molecule has 9 heteroatoms. The molecule has 4 atom stereocenters. The van der Waals surface area contributed by atoms with E-state index in [1.807, 2.05) is 9.80 Å². The van der Waals surface area contributed by atoms with E-state index in [0.29, 0.717) is 25.9 Å². The second kappa shape index (κ2) is 8.99. The summed E-state index contributed by atoms with van der Waals surface area (Å²) >= 11 is 0. The third kappa shape index (κ3) is 4.59. The van der Waals surface area contributed by atoms with Gasteiger partial charge in [0.1, 0.15) is 6.04 Å². The maximum atomic E-state index is 12.8. The average Bonchev–Trinajstić information content (AvgIpc) is 3.09. The van der Waals surface area contributed by atoms with Gasteiger partial charge in [-0.25, -0.2) is 0 Å². The second-order valence-electron chi connectivity index (χ2n) is 7.95. The van der Waals surface area contributed by atoms with Crippen molar-refractivity contribution in [2.24, 2.45) is 11.5 Å². The molecule has 154 valence electrons. The number of rotatable bonds is 6. The van der Waals surface area contributed by atoms with E-state index in [9.17, 15) is 14.4 Å². The van der Waals surface area contributed by atoms with Crippen LogP contribution in [-0.2, 0) is 14.4 Å². The summed E-state index contributed by atoms with van der Waals surface area (Å²) in [7, 11) is 6.90. The zero-order chi connectivity index (χ0) is 20.3. The summed E-state index contributed by atoms with van der Waals surface area (Å²) in [5, 5.41) is 0. The van der Waals surface area contributed by atoms with E-state index < -0.39 is 18.1 Å². The smallest absolute Gasteiger partial charge is 0.239 e. The van der Waals surface area contributed by atoms with E-state index in [0.717, 1.165) is 19.3 Å². The number of piperidine rings is 1. The number of amides is 3. The van der Waals surface area contributed by atoms with Gasteiger partial charge in [-0.1, -0.05) is 6.42 Å². The standard InChI is InChI=1S/C18H34N6O3/c1-21(2)17(26)12-8-5-6-10-23(12)16(14(19)15(20)25)24-11-7-9-13(24)18(27)22(3)4/h12-14,16H,5-11,19H2,1-4H3,(H2,20,25). The number of primary amides is 1. The van der Waals surface area contributed by atoms with Gasteiger partial charge in [0.2, 0.25) is 17.7 Å². The lowest BCUT2D eigenvalue weighted by atomic mass is 9.97. The molecule has 3 amide bonds. The van der Waals surface area contributed by atoms with Gasteiger partial charge in [0.05, 0.1) is 18.2 Å². The zero-order valence-electron chi connectivity index (χ0n) is 16.9. The van der Waals surface area contributed by atoms with Crippen molar-refractivity contribution in [3.8, 4) is 0 Å². The highest BCUT2D eigenvalue weighted by Gasteiger charge is 2.46. The minimum atomic E-state index is -0.976.